The van der Waals surface area contributed by atoms with Gasteiger partial charge in [0.2, 0.25) is 0 Å². The number of nitrogens with zero attached hydrogens (tertiary/aromatic N) is 1. The van der Waals surface area contributed by atoms with Gasteiger partial charge in [-0.25, -0.2) is 4.39 Å². The van der Waals surface area contributed by atoms with Gasteiger partial charge in [0.15, 0.2) is 0 Å². The lowest BCUT2D eigenvalue weighted by atomic mass is 9.94. The summed E-state index contributed by atoms with van der Waals surface area (Å²) in [5.41, 5.74) is 5.10. The third kappa shape index (κ3) is 4.68. The molecule has 1 heterocycles. The predicted octanol–water partition coefficient (Wildman–Crippen LogP) is 5.01. The molecule has 2 aliphatic rings. The molecule has 1 atom stereocenters. The minimum atomic E-state index is -0.249. The van der Waals surface area contributed by atoms with E-state index in [1.54, 1.807) is 12.1 Å². The van der Waals surface area contributed by atoms with E-state index in [4.69, 9.17) is 5.41 Å². The molecular formula is C24H31FN4. The van der Waals surface area contributed by atoms with Gasteiger partial charge in [0.05, 0.1) is 0 Å². The van der Waals surface area contributed by atoms with Gasteiger partial charge in [-0.15, -0.1) is 0 Å². The second-order valence-electron chi connectivity index (χ2n) is 8.44. The van der Waals surface area contributed by atoms with E-state index in [0.29, 0.717) is 6.04 Å². The second kappa shape index (κ2) is 9.06. The van der Waals surface area contributed by atoms with E-state index >= 15 is 0 Å². The molecule has 0 spiro atoms. The molecule has 154 valence electrons. The molecule has 1 saturated carbocycles. The van der Waals surface area contributed by atoms with Gasteiger partial charge in [0, 0.05) is 55.4 Å². The minimum absolute atomic E-state index is 0.249. The van der Waals surface area contributed by atoms with Gasteiger partial charge >= 0.3 is 0 Å². The maximum absolute atomic E-state index is 13.2. The van der Waals surface area contributed by atoms with E-state index in [1.807, 2.05) is 0 Å². The van der Waals surface area contributed by atoms with Gasteiger partial charge in [-0.2, -0.15) is 0 Å². The molecule has 0 unspecified atom stereocenters. The van der Waals surface area contributed by atoms with Crippen LogP contribution in [0.15, 0.2) is 36.4 Å². The van der Waals surface area contributed by atoms with E-state index in [1.165, 1.54) is 61.7 Å². The average Bonchev–Trinajstić information content (AvgIpc) is 3.24. The first kappa shape index (κ1) is 20.0. The van der Waals surface area contributed by atoms with Gasteiger partial charge in [0.1, 0.15) is 5.82 Å². The topological polar surface area (TPSA) is 51.2 Å². The molecule has 0 amide bonds. The molecule has 1 aliphatic heterocycles. The fourth-order valence-corrected chi connectivity index (χ4v) is 4.81. The van der Waals surface area contributed by atoms with Crippen molar-refractivity contribution in [2.45, 2.75) is 38.6 Å². The zero-order valence-corrected chi connectivity index (χ0v) is 17.2. The summed E-state index contributed by atoms with van der Waals surface area (Å²) in [5, 5.41) is 14.8. The Balaban J connectivity index is 1.59. The number of anilines is 2. The Morgan fingerprint density at radius 2 is 1.97 bits per heavy atom. The van der Waals surface area contributed by atoms with Crippen LogP contribution in [-0.4, -0.2) is 37.3 Å². The summed E-state index contributed by atoms with van der Waals surface area (Å²) in [4.78, 5) is 2.65. The molecule has 4 rings (SSSR count). The number of hydrogen-bond donors (Lipinski definition) is 3. The monoisotopic (exact) mass is 394 g/mol. The van der Waals surface area contributed by atoms with Crippen molar-refractivity contribution in [3.8, 4) is 0 Å². The third-order valence-corrected chi connectivity index (χ3v) is 6.40. The van der Waals surface area contributed by atoms with Crippen LogP contribution in [0.25, 0.3) is 0 Å². The number of halogens is 1. The van der Waals surface area contributed by atoms with Crippen LogP contribution < -0.4 is 10.6 Å². The Kier molecular flexibility index (Phi) is 6.26. The lowest BCUT2D eigenvalue weighted by Crippen LogP contribution is -2.47. The Morgan fingerprint density at radius 3 is 2.69 bits per heavy atom. The van der Waals surface area contributed by atoms with Crippen molar-refractivity contribution in [3.05, 3.63) is 58.9 Å². The van der Waals surface area contributed by atoms with Gasteiger partial charge in [-0.3, -0.25) is 4.90 Å². The summed E-state index contributed by atoms with van der Waals surface area (Å²) in [6.07, 6.45) is 6.89. The quantitative estimate of drug-likeness (QED) is 0.604. The van der Waals surface area contributed by atoms with Crippen molar-refractivity contribution in [2.24, 2.45) is 5.92 Å². The van der Waals surface area contributed by atoms with E-state index in [9.17, 15) is 4.39 Å². The second-order valence-corrected chi connectivity index (χ2v) is 8.44. The van der Waals surface area contributed by atoms with Crippen molar-refractivity contribution >= 4 is 17.6 Å². The molecule has 1 saturated heterocycles. The number of benzene rings is 2. The van der Waals surface area contributed by atoms with Gasteiger partial charge in [-0.05, 0) is 73.2 Å². The summed E-state index contributed by atoms with van der Waals surface area (Å²) in [6, 6.07) is 11.0. The van der Waals surface area contributed by atoms with Crippen LogP contribution >= 0.6 is 0 Å². The van der Waals surface area contributed by atoms with Crippen LogP contribution in [0.2, 0.25) is 0 Å². The molecule has 0 bridgehead atoms. The predicted molar refractivity (Wildman–Crippen MR) is 118 cm³/mol. The molecule has 1 aliphatic carbocycles. The highest BCUT2D eigenvalue weighted by Crippen LogP contribution is 2.33. The van der Waals surface area contributed by atoms with Crippen molar-refractivity contribution < 1.29 is 4.39 Å². The normalized spacial score (nSPS) is 20.7. The Labute approximate surface area is 173 Å². The van der Waals surface area contributed by atoms with Crippen molar-refractivity contribution in [2.75, 3.05) is 31.5 Å². The molecular weight excluding hydrogens is 363 g/mol. The summed E-state index contributed by atoms with van der Waals surface area (Å²) in [6.45, 7) is 6.41. The van der Waals surface area contributed by atoms with Crippen LogP contribution in [0, 0.1) is 24.1 Å². The zero-order valence-electron chi connectivity index (χ0n) is 17.2. The van der Waals surface area contributed by atoms with Crippen LogP contribution in [0.1, 0.15) is 48.4 Å². The van der Waals surface area contributed by atoms with Crippen molar-refractivity contribution in [3.63, 3.8) is 0 Å². The summed E-state index contributed by atoms with van der Waals surface area (Å²) in [5.74, 6) is 0.582. The molecule has 2 aromatic carbocycles. The van der Waals surface area contributed by atoms with Crippen LogP contribution in [-0.2, 0) is 0 Å². The molecule has 3 N–H and O–H groups in total. The standard InChI is InChI=1S/C24H31FN4/c1-17-12-23(28-21-8-6-20(25)7-9-21)19(14-26)13-22(17)24-15-27-10-11-29(24)16-18-4-2-3-5-18/h6-9,12-14,18,24,26-28H,2-5,10-11,15-16H2,1H3/t24-/m1/s1. The maximum Gasteiger partial charge on any atom is 0.123 e. The first-order valence-corrected chi connectivity index (χ1v) is 10.8. The fourth-order valence-electron chi connectivity index (χ4n) is 4.81. The van der Waals surface area contributed by atoms with E-state index in [2.05, 4.69) is 34.6 Å². The minimum Gasteiger partial charge on any atom is -0.355 e. The highest BCUT2D eigenvalue weighted by molar-refractivity contribution is 5.88. The lowest BCUT2D eigenvalue weighted by molar-refractivity contribution is 0.137. The summed E-state index contributed by atoms with van der Waals surface area (Å²) in [7, 11) is 0. The van der Waals surface area contributed by atoms with E-state index in [0.717, 1.165) is 42.5 Å². The van der Waals surface area contributed by atoms with Gasteiger partial charge in [-0.1, -0.05) is 12.8 Å². The van der Waals surface area contributed by atoms with Gasteiger partial charge < -0.3 is 16.0 Å². The molecule has 29 heavy (non-hydrogen) atoms. The molecule has 2 fully saturated rings. The Bertz CT molecular complexity index is 843. The number of hydrogen-bond acceptors (Lipinski definition) is 4. The number of rotatable bonds is 6. The molecule has 2 aromatic rings. The first-order chi connectivity index (χ1) is 14.1. The van der Waals surface area contributed by atoms with Crippen LogP contribution in [0.5, 0.6) is 0 Å². The highest BCUT2D eigenvalue weighted by Gasteiger charge is 2.28. The first-order valence-electron chi connectivity index (χ1n) is 10.8. The fraction of sp³-hybridized carbons (Fsp3) is 0.458. The van der Waals surface area contributed by atoms with E-state index < -0.39 is 0 Å². The van der Waals surface area contributed by atoms with Crippen molar-refractivity contribution in [1.29, 1.82) is 5.41 Å². The lowest BCUT2D eigenvalue weighted by Gasteiger charge is -2.39. The Morgan fingerprint density at radius 1 is 1.21 bits per heavy atom. The largest absolute Gasteiger partial charge is 0.355 e. The average molecular weight is 395 g/mol. The van der Waals surface area contributed by atoms with Crippen LogP contribution in [0.4, 0.5) is 15.8 Å². The maximum atomic E-state index is 13.2. The number of nitrogens with one attached hydrogen (secondary N) is 3. The smallest absolute Gasteiger partial charge is 0.123 e. The molecule has 4 nitrogen and oxygen atoms in total. The zero-order chi connectivity index (χ0) is 20.2. The molecule has 0 aromatic heterocycles. The molecule has 0 radical (unpaired) electrons. The highest BCUT2D eigenvalue weighted by atomic mass is 19.1. The summed E-state index contributed by atoms with van der Waals surface area (Å²) >= 11 is 0. The van der Waals surface area contributed by atoms with E-state index in [-0.39, 0.29) is 5.82 Å². The van der Waals surface area contributed by atoms with Gasteiger partial charge in [0.25, 0.3) is 0 Å². The van der Waals surface area contributed by atoms with Crippen LogP contribution in [0.3, 0.4) is 0 Å². The van der Waals surface area contributed by atoms with Crippen molar-refractivity contribution in [1.82, 2.24) is 10.2 Å². The Hall–Kier alpha value is -2.24. The summed E-state index contributed by atoms with van der Waals surface area (Å²) < 4.78 is 13.2. The third-order valence-electron chi connectivity index (χ3n) is 6.40. The number of piperazine rings is 1. The molecule has 5 heteroatoms. The number of aryl methyl sites for hydroxylation is 1. The SMILES string of the molecule is Cc1cc(Nc2ccc(F)cc2)c(C=N)cc1[C@H]1CNCCN1CC1CCCC1.